The third kappa shape index (κ3) is 2.70. The Morgan fingerprint density at radius 3 is 2.55 bits per heavy atom. The minimum absolute atomic E-state index is 0.443. The van der Waals surface area contributed by atoms with Crippen molar-refractivity contribution in [2.45, 2.75) is 25.3 Å². The molecule has 0 saturated heterocycles. The molecule has 1 aliphatic heterocycles. The van der Waals surface area contributed by atoms with Gasteiger partial charge in [-0.2, -0.15) is 0 Å². The molecular formula is C18H22N2. The summed E-state index contributed by atoms with van der Waals surface area (Å²) >= 11 is 0. The van der Waals surface area contributed by atoms with Crippen molar-refractivity contribution in [3.8, 4) is 0 Å². The minimum atomic E-state index is 0.443. The van der Waals surface area contributed by atoms with E-state index in [9.17, 15) is 0 Å². The minimum Gasteiger partial charge on any atom is -0.367 e. The number of hydrogen-bond donors (Lipinski definition) is 1. The molecule has 0 saturated carbocycles. The molecule has 0 amide bonds. The van der Waals surface area contributed by atoms with Crippen molar-refractivity contribution >= 4 is 5.69 Å². The maximum Gasteiger partial charge on any atom is 0.0415 e. The van der Waals surface area contributed by atoms with Crippen LogP contribution in [-0.2, 0) is 12.8 Å². The van der Waals surface area contributed by atoms with Crippen LogP contribution in [-0.4, -0.2) is 19.1 Å². The van der Waals surface area contributed by atoms with Gasteiger partial charge in [-0.1, -0.05) is 48.5 Å². The van der Waals surface area contributed by atoms with Crippen molar-refractivity contribution < 1.29 is 0 Å². The zero-order chi connectivity index (χ0) is 13.8. The number of anilines is 1. The largest absolute Gasteiger partial charge is 0.367 e. The first-order chi connectivity index (χ1) is 9.88. The van der Waals surface area contributed by atoms with Gasteiger partial charge in [0.15, 0.2) is 0 Å². The molecule has 1 atom stereocenters. The maximum atomic E-state index is 6.03. The summed E-state index contributed by atoms with van der Waals surface area (Å²) in [6.07, 6.45) is 3.37. The standard InChI is InChI=1S/C18H22N2/c19-14-17(11-10-15-6-2-1-3-7-15)20-13-12-16-8-4-5-9-18(16)20/h1-9,17H,10-14,19H2. The Labute approximate surface area is 121 Å². The highest BCUT2D eigenvalue weighted by molar-refractivity contribution is 5.58. The first-order valence-corrected chi connectivity index (χ1v) is 7.47. The number of para-hydroxylation sites is 1. The van der Waals surface area contributed by atoms with E-state index in [4.69, 9.17) is 5.73 Å². The molecule has 0 bridgehead atoms. The quantitative estimate of drug-likeness (QED) is 0.901. The lowest BCUT2D eigenvalue weighted by atomic mass is 10.0. The lowest BCUT2D eigenvalue weighted by Gasteiger charge is -2.29. The monoisotopic (exact) mass is 266 g/mol. The van der Waals surface area contributed by atoms with Gasteiger partial charge in [0, 0.05) is 24.8 Å². The highest BCUT2D eigenvalue weighted by Crippen LogP contribution is 2.30. The third-order valence-electron chi connectivity index (χ3n) is 4.24. The number of fused-ring (bicyclic) bond motifs is 1. The molecule has 104 valence electrons. The number of rotatable bonds is 5. The second kappa shape index (κ2) is 6.10. The highest BCUT2D eigenvalue weighted by Gasteiger charge is 2.24. The zero-order valence-corrected chi connectivity index (χ0v) is 11.8. The van der Waals surface area contributed by atoms with Crippen molar-refractivity contribution in [1.29, 1.82) is 0 Å². The number of aryl methyl sites for hydroxylation is 1. The molecule has 0 fully saturated rings. The van der Waals surface area contributed by atoms with Crippen LogP contribution in [0.3, 0.4) is 0 Å². The van der Waals surface area contributed by atoms with Crippen molar-refractivity contribution in [2.24, 2.45) is 5.73 Å². The van der Waals surface area contributed by atoms with E-state index in [2.05, 4.69) is 59.5 Å². The van der Waals surface area contributed by atoms with Gasteiger partial charge in [0.1, 0.15) is 0 Å². The molecule has 2 N–H and O–H groups in total. The van der Waals surface area contributed by atoms with Crippen LogP contribution in [0.25, 0.3) is 0 Å². The molecule has 1 aliphatic rings. The van der Waals surface area contributed by atoms with Crippen molar-refractivity contribution in [2.75, 3.05) is 18.0 Å². The van der Waals surface area contributed by atoms with E-state index in [-0.39, 0.29) is 0 Å². The lowest BCUT2D eigenvalue weighted by molar-refractivity contribution is 0.570. The van der Waals surface area contributed by atoms with Gasteiger partial charge in [0.2, 0.25) is 0 Å². The van der Waals surface area contributed by atoms with Crippen LogP contribution < -0.4 is 10.6 Å². The normalized spacial score (nSPS) is 15.2. The van der Waals surface area contributed by atoms with Crippen molar-refractivity contribution in [1.82, 2.24) is 0 Å². The maximum absolute atomic E-state index is 6.03. The van der Waals surface area contributed by atoms with Gasteiger partial charge < -0.3 is 10.6 Å². The number of nitrogens with zero attached hydrogens (tertiary/aromatic N) is 1. The number of hydrogen-bond acceptors (Lipinski definition) is 2. The zero-order valence-electron chi connectivity index (χ0n) is 11.8. The van der Waals surface area contributed by atoms with E-state index in [1.165, 1.54) is 16.8 Å². The molecular weight excluding hydrogens is 244 g/mol. The first kappa shape index (κ1) is 13.2. The van der Waals surface area contributed by atoms with Crippen LogP contribution in [0, 0.1) is 0 Å². The highest BCUT2D eigenvalue weighted by atomic mass is 15.2. The Hall–Kier alpha value is -1.80. The Morgan fingerprint density at radius 2 is 1.75 bits per heavy atom. The molecule has 2 aromatic carbocycles. The predicted octanol–water partition coefficient (Wildman–Crippen LogP) is 3.01. The van der Waals surface area contributed by atoms with E-state index in [1.807, 2.05) is 0 Å². The molecule has 1 heterocycles. The summed E-state index contributed by atoms with van der Waals surface area (Å²) in [6, 6.07) is 19.9. The fraction of sp³-hybridized carbons (Fsp3) is 0.333. The molecule has 2 nitrogen and oxygen atoms in total. The van der Waals surface area contributed by atoms with E-state index < -0.39 is 0 Å². The van der Waals surface area contributed by atoms with Crippen molar-refractivity contribution in [3.05, 3.63) is 65.7 Å². The fourth-order valence-corrected chi connectivity index (χ4v) is 3.12. The van der Waals surface area contributed by atoms with E-state index in [0.29, 0.717) is 6.04 Å². The SMILES string of the molecule is NCC(CCc1ccccc1)N1CCc2ccccc21. The van der Waals surface area contributed by atoms with Gasteiger partial charge in [-0.05, 0) is 36.5 Å². The van der Waals surface area contributed by atoms with Gasteiger partial charge in [-0.25, -0.2) is 0 Å². The summed E-state index contributed by atoms with van der Waals surface area (Å²) in [5.41, 5.74) is 10.3. The molecule has 0 aromatic heterocycles. The molecule has 20 heavy (non-hydrogen) atoms. The Kier molecular flexibility index (Phi) is 4.03. The Balaban J connectivity index is 1.69. The Morgan fingerprint density at radius 1 is 1.00 bits per heavy atom. The van der Waals surface area contributed by atoms with Crippen molar-refractivity contribution in [3.63, 3.8) is 0 Å². The lowest BCUT2D eigenvalue weighted by Crippen LogP contribution is -2.40. The molecule has 0 aliphatic carbocycles. The average Bonchev–Trinajstić information content (AvgIpc) is 2.93. The second-order valence-corrected chi connectivity index (χ2v) is 5.49. The van der Waals surface area contributed by atoms with Crippen LogP contribution >= 0.6 is 0 Å². The Bertz CT molecular complexity index is 550. The molecule has 1 unspecified atom stereocenters. The fourth-order valence-electron chi connectivity index (χ4n) is 3.12. The molecule has 2 heteroatoms. The summed E-state index contributed by atoms with van der Waals surface area (Å²) < 4.78 is 0. The molecule has 2 aromatic rings. The molecule has 3 rings (SSSR count). The van der Waals surface area contributed by atoms with Gasteiger partial charge >= 0.3 is 0 Å². The van der Waals surface area contributed by atoms with Crippen LogP contribution in [0.5, 0.6) is 0 Å². The number of benzene rings is 2. The van der Waals surface area contributed by atoms with Crippen LogP contribution in [0.1, 0.15) is 17.5 Å². The summed E-state index contributed by atoms with van der Waals surface area (Å²) in [6.45, 7) is 1.83. The summed E-state index contributed by atoms with van der Waals surface area (Å²) in [5, 5.41) is 0. The van der Waals surface area contributed by atoms with Crippen LogP contribution in [0.4, 0.5) is 5.69 Å². The predicted molar refractivity (Wildman–Crippen MR) is 85.1 cm³/mol. The smallest absolute Gasteiger partial charge is 0.0415 e. The van der Waals surface area contributed by atoms with Gasteiger partial charge in [-0.3, -0.25) is 0 Å². The van der Waals surface area contributed by atoms with Gasteiger partial charge in [-0.15, -0.1) is 0 Å². The molecule has 0 spiro atoms. The summed E-state index contributed by atoms with van der Waals surface area (Å²) in [4.78, 5) is 2.50. The third-order valence-corrected chi connectivity index (χ3v) is 4.24. The van der Waals surface area contributed by atoms with E-state index >= 15 is 0 Å². The summed E-state index contributed by atoms with van der Waals surface area (Å²) in [7, 11) is 0. The van der Waals surface area contributed by atoms with Gasteiger partial charge in [0.05, 0.1) is 0 Å². The van der Waals surface area contributed by atoms with Crippen LogP contribution in [0.2, 0.25) is 0 Å². The van der Waals surface area contributed by atoms with E-state index in [1.54, 1.807) is 0 Å². The number of nitrogens with two attached hydrogens (primary N) is 1. The van der Waals surface area contributed by atoms with E-state index in [0.717, 1.165) is 32.4 Å². The van der Waals surface area contributed by atoms with Gasteiger partial charge in [0.25, 0.3) is 0 Å². The summed E-state index contributed by atoms with van der Waals surface area (Å²) in [5.74, 6) is 0. The molecule has 0 radical (unpaired) electrons. The second-order valence-electron chi connectivity index (χ2n) is 5.49. The average molecular weight is 266 g/mol. The first-order valence-electron chi connectivity index (χ1n) is 7.47. The van der Waals surface area contributed by atoms with Crippen LogP contribution in [0.15, 0.2) is 54.6 Å². The topological polar surface area (TPSA) is 29.3 Å².